The minimum atomic E-state index is -0.0250. The number of furan rings is 1. The maximum absolute atomic E-state index is 12.6. The summed E-state index contributed by atoms with van der Waals surface area (Å²) >= 11 is 1.56. The molecule has 0 bridgehead atoms. The Bertz CT molecular complexity index is 778. The molecule has 3 rings (SSSR count). The molecule has 0 atom stereocenters. The van der Waals surface area contributed by atoms with E-state index in [9.17, 15) is 4.79 Å². The molecule has 20 heavy (non-hydrogen) atoms. The van der Waals surface area contributed by atoms with E-state index in [0.717, 1.165) is 22.2 Å². The summed E-state index contributed by atoms with van der Waals surface area (Å²) in [5, 5.41) is 1.37. The molecule has 0 spiro atoms. The van der Waals surface area contributed by atoms with Gasteiger partial charge in [0, 0.05) is 0 Å². The van der Waals surface area contributed by atoms with E-state index in [2.05, 4.69) is 4.98 Å². The van der Waals surface area contributed by atoms with Crippen LogP contribution in [0, 0.1) is 0 Å². The largest absolute Gasteiger partial charge is 0.467 e. The van der Waals surface area contributed by atoms with E-state index < -0.39 is 0 Å². The minimum absolute atomic E-state index is 0.0250. The molecule has 102 valence electrons. The first-order chi connectivity index (χ1) is 9.79. The lowest BCUT2D eigenvalue weighted by Crippen LogP contribution is -2.23. The van der Waals surface area contributed by atoms with Gasteiger partial charge in [-0.15, -0.1) is 0 Å². The monoisotopic (exact) mass is 286 g/mol. The first-order valence-corrected chi connectivity index (χ1v) is 7.43. The van der Waals surface area contributed by atoms with Gasteiger partial charge in [0.1, 0.15) is 5.76 Å². The number of thioether (sulfide) groups is 1. The quantitative estimate of drug-likeness (QED) is 0.546. The SMILES string of the molecule is CCSc1nc2ccccc2c(=O)n1Cc1ccco1. The third kappa shape index (κ3) is 2.36. The molecule has 2 heterocycles. The predicted octanol–water partition coefficient (Wildman–Crippen LogP) is 3.15. The van der Waals surface area contributed by atoms with Crippen LogP contribution in [-0.4, -0.2) is 15.3 Å². The summed E-state index contributed by atoms with van der Waals surface area (Å²) in [6, 6.07) is 11.1. The molecular weight excluding hydrogens is 272 g/mol. The number of rotatable bonds is 4. The van der Waals surface area contributed by atoms with Crippen LogP contribution in [0.25, 0.3) is 10.9 Å². The Hall–Kier alpha value is -2.01. The van der Waals surface area contributed by atoms with Crippen molar-refractivity contribution in [3.05, 3.63) is 58.8 Å². The van der Waals surface area contributed by atoms with E-state index in [1.165, 1.54) is 0 Å². The van der Waals surface area contributed by atoms with Crippen LogP contribution in [0.1, 0.15) is 12.7 Å². The molecule has 1 aromatic carbocycles. The molecule has 0 saturated heterocycles. The van der Waals surface area contributed by atoms with E-state index >= 15 is 0 Å². The van der Waals surface area contributed by atoms with Crippen molar-refractivity contribution >= 4 is 22.7 Å². The molecule has 2 aromatic heterocycles. The van der Waals surface area contributed by atoms with Crippen molar-refractivity contribution in [3.63, 3.8) is 0 Å². The zero-order valence-corrected chi connectivity index (χ0v) is 11.9. The van der Waals surface area contributed by atoms with E-state index in [4.69, 9.17) is 4.42 Å². The van der Waals surface area contributed by atoms with Crippen molar-refractivity contribution in [1.82, 2.24) is 9.55 Å². The normalized spacial score (nSPS) is 11.1. The highest BCUT2D eigenvalue weighted by molar-refractivity contribution is 7.99. The summed E-state index contributed by atoms with van der Waals surface area (Å²) < 4.78 is 7.02. The third-order valence-corrected chi connectivity index (χ3v) is 3.85. The Morgan fingerprint density at radius 3 is 2.85 bits per heavy atom. The average molecular weight is 286 g/mol. The molecule has 0 amide bonds. The van der Waals surface area contributed by atoms with Crippen LogP contribution >= 0.6 is 11.8 Å². The fourth-order valence-electron chi connectivity index (χ4n) is 2.08. The fraction of sp³-hybridized carbons (Fsp3) is 0.200. The zero-order chi connectivity index (χ0) is 13.9. The summed E-state index contributed by atoms with van der Waals surface area (Å²) in [4.78, 5) is 17.2. The Labute approximate surface area is 120 Å². The fourth-order valence-corrected chi connectivity index (χ4v) is 2.81. The number of aromatic nitrogens is 2. The van der Waals surface area contributed by atoms with Gasteiger partial charge in [-0.05, 0) is 30.0 Å². The molecule has 0 aliphatic rings. The molecule has 0 aliphatic heterocycles. The number of hydrogen-bond acceptors (Lipinski definition) is 4. The van der Waals surface area contributed by atoms with Crippen LogP contribution in [0.15, 0.2) is 57.0 Å². The van der Waals surface area contributed by atoms with Crippen LogP contribution in [-0.2, 0) is 6.54 Å². The number of hydrogen-bond donors (Lipinski definition) is 0. The van der Waals surface area contributed by atoms with Crippen molar-refractivity contribution in [2.45, 2.75) is 18.6 Å². The molecule has 4 nitrogen and oxygen atoms in total. The maximum atomic E-state index is 12.6. The Morgan fingerprint density at radius 1 is 1.25 bits per heavy atom. The standard InChI is InChI=1S/C15H14N2O2S/c1-2-20-15-16-13-8-4-3-7-12(13)14(18)17(15)10-11-6-5-9-19-11/h3-9H,2,10H2,1H3. The summed E-state index contributed by atoms with van der Waals surface area (Å²) in [6.07, 6.45) is 1.61. The molecule has 0 radical (unpaired) electrons. The van der Waals surface area contributed by atoms with Gasteiger partial charge in [0.2, 0.25) is 0 Å². The number of para-hydroxylation sites is 1. The minimum Gasteiger partial charge on any atom is -0.467 e. The van der Waals surface area contributed by atoms with E-state index in [0.29, 0.717) is 11.9 Å². The lowest BCUT2D eigenvalue weighted by atomic mass is 10.2. The van der Waals surface area contributed by atoms with Crippen molar-refractivity contribution in [3.8, 4) is 0 Å². The van der Waals surface area contributed by atoms with Crippen LogP contribution in [0.3, 0.4) is 0 Å². The molecule has 0 saturated carbocycles. The second-order valence-corrected chi connectivity index (χ2v) is 5.55. The lowest BCUT2D eigenvalue weighted by molar-refractivity contribution is 0.476. The molecule has 5 heteroatoms. The van der Waals surface area contributed by atoms with E-state index in [1.807, 2.05) is 43.3 Å². The van der Waals surface area contributed by atoms with Gasteiger partial charge in [0.05, 0.1) is 23.7 Å². The predicted molar refractivity (Wildman–Crippen MR) is 80.2 cm³/mol. The summed E-state index contributed by atoms with van der Waals surface area (Å²) in [7, 11) is 0. The lowest BCUT2D eigenvalue weighted by Gasteiger charge is -2.11. The maximum Gasteiger partial charge on any atom is 0.262 e. The van der Waals surface area contributed by atoms with Crippen LogP contribution in [0.2, 0.25) is 0 Å². The highest BCUT2D eigenvalue weighted by Gasteiger charge is 2.12. The molecule has 0 unspecified atom stereocenters. The Balaban J connectivity index is 2.19. The number of nitrogens with zero attached hydrogens (tertiary/aromatic N) is 2. The summed E-state index contributed by atoms with van der Waals surface area (Å²) in [5.74, 6) is 1.62. The van der Waals surface area contributed by atoms with Gasteiger partial charge in [-0.25, -0.2) is 4.98 Å². The van der Waals surface area contributed by atoms with E-state index in [1.54, 1.807) is 22.6 Å². The number of fused-ring (bicyclic) bond motifs is 1. The van der Waals surface area contributed by atoms with Gasteiger partial charge >= 0.3 is 0 Å². The second-order valence-electron chi connectivity index (χ2n) is 4.32. The van der Waals surface area contributed by atoms with Gasteiger partial charge < -0.3 is 4.42 Å². The van der Waals surface area contributed by atoms with Gasteiger partial charge in [-0.3, -0.25) is 9.36 Å². The molecule has 0 fully saturated rings. The second kappa shape index (κ2) is 5.54. The first kappa shape index (κ1) is 13.0. The summed E-state index contributed by atoms with van der Waals surface area (Å²) in [5.41, 5.74) is 0.715. The molecule has 0 N–H and O–H groups in total. The Morgan fingerprint density at radius 2 is 2.10 bits per heavy atom. The Kier molecular flexibility index (Phi) is 3.60. The van der Waals surface area contributed by atoms with Crippen molar-refractivity contribution in [2.75, 3.05) is 5.75 Å². The topological polar surface area (TPSA) is 48.0 Å². The third-order valence-electron chi connectivity index (χ3n) is 2.99. The summed E-state index contributed by atoms with van der Waals surface area (Å²) in [6.45, 7) is 2.45. The van der Waals surface area contributed by atoms with Gasteiger partial charge in [0.15, 0.2) is 5.16 Å². The van der Waals surface area contributed by atoms with Crippen molar-refractivity contribution < 1.29 is 4.42 Å². The molecular formula is C15H14N2O2S. The molecule has 0 aliphatic carbocycles. The van der Waals surface area contributed by atoms with Crippen molar-refractivity contribution in [2.24, 2.45) is 0 Å². The highest BCUT2D eigenvalue weighted by atomic mass is 32.2. The van der Waals surface area contributed by atoms with Gasteiger partial charge in [0.25, 0.3) is 5.56 Å². The van der Waals surface area contributed by atoms with Crippen molar-refractivity contribution in [1.29, 1.82) is 0 Å². The smallest absolute Gasteiger partial charge is 0.262 e. The van der Waals surface area contributed by atoms with Gasteiger partial charge in [-0.1, -0.05) is 30.8 Å². The number of benzene rings is 1. The molecule has 3 aromatic rings. The highest BCUT2D eigenvalue weighted by Crippen LogP contribution is 2.18. The van der Waals surface area contributed by atoms with Gasteiger partial charge in [-0.2, -0.15) is 0 Å². The zero-order valence-electron chi connectivity index (χ0n) is 11.1. The van der Waals surface area contributed by atoms with E-state index in [-0.39, 0.29) is 5.56 Å². The first-order valence-electron chi connectivity index (χ1n) is 6.44. The van der Waals surface area contributed by atoms with Crippen LogP contribution in [0.4, 0.5) is 0 Å². The average Bonchev–Trinajstić information content (AvgIpc) is 2.96. The van der Waals surface area contributed by atoms with Crippen LogP contribution in [0.5, 0.6) is 0 Å². The van der Waals surface area contributed by atoms with Crippen LogP contribution < -0.4 is 5.56 Å².